The largest absolute Gasteiger partial charge is 0.458 e. The van der Waals surface area contributed by atoms with Crippen LogP contribution in [0, 0.1) is 0 Å². The summed E-state index contributed by atoms with van der Waals surface area (Å²) < 4.78 is 8.79. The monoisotopic (exact) mass is 333 g/mol. The maximum atomic E-state index is 5.99. The van der Waals surface area contributed by atoms with Crippen molar-refractivity contribution in [2.45, 2.75) is 12.5 Å². The van der Waals surface area contributed by atoms with E-state index < -0.39 is 0 Å². The highest BCUT2D eigenvalue weighted by Gasteiger charge is 2.16. The second-order valence-corrected chi connectivity index (χ2v) is 5.73. The van der Waals surface area contributed by atoms with Crippen LogP contribution in [0.15, 0.2) is 45.5 Å². The molecule has 20 heavy (non-hydrogen) atoms. The fourth-order valence-electron chi connectivity index (χ4n) is 2.38. The second kappa shape index (κ2) is 5.42. The molecule has 1 unspecified atom stereocenters. The van der Waals surface area contributed by atoms with Crippen molar-refractivity contribution in [3.63, 3.8) is 0 Å². The molecule has 0 aliphatic rings. The van der Waals surface area contributed by atoms with Crippen molar-refractivity contribution in [2.75, 3.05) is 7.05 Å². The van der Waals surface area contributed by atoms with Gasteiger partial charge in [0.1, 0.15) is 11.3 Å². The maximum absolute atomic E-state index is 5.99. The third-order valence-corrected chi connectivity index (χ3v) is 4.03. The summed E-state index contributed by atoms with van der Waals surface area (Å²) >= 11 is 3.52. The third kappa shape index (κ3) is 2.51. The summed E-state index contributed by atoms with van der Waals surface area (Å²) in [5, 5.41) is 8.63. The predicted octanol–water partition coefficient (Wildman–Crippen LogP) is 3.43. The molecule has 1 N–H and O–H groups in total. The van der Waals surface area contributed by atoms with Gasteiger partial charge in [0.15, 0.2) is 0 Å². The Bertz CT molecular complexity index is 732. The van der Waals surface area contributed by atoms with E-state index in [2.05, 4.69) is 38.5 Å². The van der Waals surface area contributed by atoms with Crippen LogP contribution in [-0.2, 0) is 13.5 Å². The van der Waals surface area contributed by atoms with Crippen molar-refractivity contribution >= 4 is 26.9 Å². The van der Waals surface area contributed by atoms with Crippen LogP contribution in [0.2, 0.25) is 0 Å². The Hall–Kier alpha value is -1.59. The van der Waals surface area contributed by atoms with Gasteiger partial charge in [-0.2, -0.15) is 5.10 Å². The number of furan rings is 1. The first-order valence-corrected chi connectivity index (χ1v) is 7.29. The number of benzene rings is 1. The predicted molar refractivity (Wildman–Crippen MR) is 82.6 cm³/mol. The van der Waals surface area contributed by atoms with E-state index >= 15 is 0 Å². The fourth-order valence-corrected chi connectivity index (χ4v) is 2.84. The summed E-state index contributed by atoms with van der Waals surface area (Å²) in [5.41, 5.74) is 2.08. The molecule has 0 spiro atoms. The lowest BCUT2D eigenvalue weighted by molar-refractivity contribution is 0.450. The number of aryl methyl sites for hydroxylation is 1. The number of hydrogen-bond acceptors (Lipinski definition) is 3. The zero-order valence-electron chi connectivity index (χ0n) is 11.4. The van der Waals surface area contributed by atoms with E-state index in [0.29, 0.717) is 0 Å². The number of halogens is 1. The number of nitrogens with one attached hydrogen (secondary N) is 1. The van der Waals surface area contributed by atoms with Gasteiger partial charge in [0.2, 0.25) is 0 Å². The summed E-state index contributed by atoms with van der Waals surface area (Å²) in [4.78, 5) is 0. The quantitative estimate of drug-likeness (QED) is 0.795. The van der Waals surface area contributed by atoms with Gasteiger partial charge in [0.25, 0.3) is 0 Å². The van der Waals surface area contributed by atoms with Crippen LogP contribution in [0.4, 0.5) is 0 Å². The molecule has 1 atom stereocenters. The van der Waals surface area contributed by atoms with E-state index in [9.17, 15) is 0 Å². The Balaban J connectivity index is 1.92. The summed E-state index contributed by atoms with van der Waals surface area (Å²) in [6.45, 7) is 0. The minimum atomic E-state index is 0.137. The Morgan fingerprint density at radius 2 is 2.30 bits per heavy atom. The summed E-state index contributed by atoms with van der Waals surface area (Å²) in [7, 11) is 3.87. The summed E-state index contributed by atoms with van der Waals surface area (Å²) in [6, 6.07) is 8.30. The van der Waals surface area contributed by atoms with Gasteiger partial charge in [-0.05, 0) is 47.1 Å². The molecule has 0 saturated heterocycles. The Morgan fingerprint density at radius 1 is 1.45 bits per heavy atom. The molecule has 0 fully saturated rings. The molecule has 104 valence electrons. The van der Waals surface area contributed by atoms with Crippen molar-refractivity contribution < 1.29 is 4.42 Å². The molecule has 0 aliphatic heterocycles. The van der Waals surface area contributed by atoms with Crippen molar-refractivity contribution in [2.24, 2.45) is 7.05 Å². The molecular formula is C15H16BrN3O. The van der Waals surface area contributed by atoms with E-state index in [4.69, 9.17) is 4.42 Å². The smallest absolute Gasteiger partial charge is 0.148 e. The zero-order chi connectivity index (χ0) is 14.1. The molecule has 0 amide bonds. The Labute approximate surface area is 125 Å². The Kier molecular flexibility index (Phi) is 3.63. The van der Waals surface area contributed by atoms with Gasteiger partial charge < -0.3 is 9.73 Å². The van der Waals surface area contributed by atoms with E-state index in [0.717, 1.165) is 27.6 Å². The van der Waals surface area contributed by atoms with Gasteiger partial charge in [-0.3, -0.25) is 4.68 Å². The minimum absolute atomic E-state index is 0.137. The molecule has 0 saturated carbocycles. The zero-order valence-corrected chi connectivity index (χ0v) is 13.0. The van der Waals surface area contributed by atoms with Crippen LogP contribution in [0.1, 0.15) is 17.4 Å². The minimum Gasteiger partial charge on any atom is -0.458 e. The van der Waals surface area contributed by atoms with Gasteiger partial charge in [-0.1, -0.05) is 12.1 Å². The van der Waals surface area contributed by atoms with Gasteiger partial charge in [-0.15, -0.1) is 0 Å². The molecule has 2 aromatic heterocycles. The molecule has 0 aliphatic carbocycles. The van der Waals surface area contributed by atoms with Crippen molar-refractivity contribution in [1.29, 1.82) is 0 Å². The number of nitrogens with zero attached hydrogens (tertiary/aromatic N) is 2. The normalized spacial score (nSPS) is 12.9. The number of fused-ring (bicyclic) bond motifs is 1. The average molecular weight is 334 g/mol. The van der Waals surface area contributed by atoms with Gasteiger partial charge in [0, 0.05) is 18.6 Å². The Morgan fingerprint density at radius 3 is 2.95 bits per heavy atom. The average Bonchev–Trinajstić information content (AvgIpc) is 3.03. The number of likely N-dealkylation sites (N-methyl/N-ethyl adjacent to an activating group) is 1. The number of hydrogen-bond donors (Lipinski definition) is 1. The fraction of sp³-hybridized carbons (Fsp3) is 0.267. The first-order chi connectivity index (χ1) is 9.67. The molecule has 1 aromatic carbocycles. The van der Waals surface area contributed by atoms with Gasteiger partial charge in [0.05, 0.1) is 16.7 Å². The number of para-hydroxylation sites is 1. The van der Waals surface area contributed by atoms with Crippen molar-refractivity contribution in [3.8, 4) is 0 Å². The maximum Gasteiger partial charge on any atom is 0.148 e. The lowest BCUT2D eigenvalue weighted by Gasteiger charge is -2.11. The molecular weight excluding hydrogens is 318 g/mol. The molecule has 0 bridgehead atoms. The van der Waals surface area contributed by atoms with Crippen molar-refractivity contribution in [1.82, 2.24) is 15.1 Å². The van der Waals surface area contributed by atoms with Crippen LogP contribution < -0.4 is 5.32 Å². The second-order valence-electron chi connectivity index (χ2n) is 4.87. The van der Waals surface area contributed by atoms with E-state index in [1.807, 2.05) is 43.3 Å². The highest BCUT2D eigenvalue weighted by molar-refractivity contribution is 9.10. The molecule has 3 aromatic rings. The van der Waals surface area contributed by atoms with Crippen molar-refractivity contribution in [3.05, 3.63) is 52.5 Å². The van der Waals surface area contributed by atoms with Gasteiger partial charge in [-0.25, -0.2) is 0 Å². The summed E-state index contributed by atoms with van der Waals surface area (Å²) in [5.74, 6) is 0.943. The van der Waals surface area contributed by atoms with Gasteiger partial charge >= 0.3 is 0 Å². The topological polar surface area (TPSA) is 43.0 Å². The first kappa shape index (κ1) is 13.4. The lowest BCUT2D eigenvalue weighted by atomic mass is 10.1. The standard InChI is InChI=1S/C15H16BrN3O/c1-17-13(6-10-8-18-19(2)9-10)14-7-11-4-3-5-12(16)15(11)20-14/h3-5,7-9,13,17H,6H2,1-2H3. The molecule has 4 nitrogen and oxygen atoms in total. The summed E-state index contributed by atoms with van der Waals surface area (Å²) in [6.07, 6.45) is 4.77. The van der Waals surface area contributed by atoms with Crippen LogP contribution in [0.3, 0.4) is 0 Å². The highest BCUT2D eigenvalue weighted by atomic mass is 79.9. The first-order valence-electron chi connectivity index (χ1n) is 6.50. The molecule has 5 heteroatoms. The number of rotatable bonds is 4. The van der Waals surface area contributed by atoms with E-state index in [-0.39, 0.29) is 6.04 Å². The van der Waals surface area contributed by atoms with E-state index in [1.54, 1.807) is 0 Å². The van der Waals surface area contributed by atoms with Crippen LogP contribution in [-0.4, -0.2) is 16.8 Å². The lowest BCUT2D eigenvalue weighted by Crippen LogP contribution is -2.17. The van der Waals surface area contributed by atoms with Crippen LogP contribution in [0.5, 0.6) is 0 Å². The number of aromatic nitrogens is 2. The van der Waals surface area contributed by atoms with Crippen LogP contribution in [0.25, 0.3) is 11.0 Å². The van der Waals surface area contributed by atoms with E-state index in [1.165, 1.54) is 5.56 Å². The molecule has 2 heterocycles. The third-order valence-electron chi connectivity index (χ3n) is 3.41. The molecule has 0 radical (unpaired) electrons. The van der Waals surface area contributed by atoms with Crippen LogP contribution >= 0.6 is 15.9 Å². The molecule has 3 rings (SSSR count). The highest BCUT2D eigenvalue weighted by Crippen LogP contribution is 2.30. The SMILES string of the molecule is CNC(Cc1cnn(C)c1)c1cc2cccc(Br)c2o1.